The average Bonchev–Trinajstić information content (AvgIpc) is 3.72. The standard InChI is InChI=1S/C36H41N5O6S/c1-24-20-35(42)41(37-24)30-8-4-28(5-9-30)36(43)38-16-14-29(15-17-38)39-18-19-40(25(2)22-39)26(3)27-6-10-31(11-7-27)48(44,45)32-12-13-33-34(21-32)47-23-46-33/h4-13,20-21,25-26,29,37H,14-19,22-23H2,1-3H3/t25-,26+/m1/s1. The fraction of sp³-hybridized carbons (Fsp3) is 0.389. The zero-order valence-corrected chi connectivity index (χ0v) is 28.3. The molecule has 1 amide bonds. The number of fused-ring (bicyclic) bond motifs is 1. The lowest BCUT2D eigenvalue weighted by molar-refractivity contribution is 0.0135. The minimum atomic E-state index is -3.69. The topological polar surface area (TPSA) is 117 Å². The lowest BCUT2D eigenvalue weighted by Gasteiger charge is -2.47. The Balaban J connectivity index is 0.921. The number of likely N-dealkylation sites (tertiary alicyclic amines) is 1. The molecule has 0 aliphatic carbocycles. The average molecular weight is 672 g/mol. The number of rotatable bonds is 7. The van der Waals surface area contributed by atoms with Crippen molar-refractivity contribution >= 4 is 15.7 Å². The molecular weight excluding hydrogens is 630 g/mol. The van der Waals surface area contributed by atoms with Gasteiger partial charge in [0.2, 0.25) is 16.6 Å². The van der Waals surface area contributed by atoms with Crippen LogP contribution >= 0.6 is 0 Å². The Labute approximate surface area is 280 Å². The highest BCUT2D eigenvalue weighted by molar-refractivity contribution is 7.91. The van der Waals surface area contributed by atoms with E-state index in [0.717, 1.165) is 43.7 Å². The van der Waals surface area contributed by atoms with Gasteiger partial charge in [-0.05, 0) is 87.7 Å². The highest BCUT2D eigenvalue weighted by Crippen LogP contribution is 2.36. The third kappa shape index (κ3) is 6.15. The largest absolute Gasteiger partial charge is 0.454 e. The predicted molar refractivity (Wildman–Crippen MR) is 181 cm³/mol. The number of aromatic nitrogens is 2. The monoisotopic (exact) mass is 671 g/mol. The first-order valence-electron chi connectivity index (χ1n) is 16.5. The van der Waals surface area contributed by atoms with Crippen LogP contribution in [0.4, 0.5) is 0 Å². The first kappa shape index (κ1) is 32.2. The van der Waals surface area contributed by atoms with Crippen LogP contribution in [0.1, 0.15) is 54.3 Å². The van der Waals surface area contributed by atoms with Crippen LogP contribution in [0.15, 0.2) is 87.4 Å². The molecule has 4 heterocycles. The fourth-order valence-corrected chi connectivity index (χ4v) is 8.55. The van der Waals surface area contributed by atoms with Crippen molar-refractivity contribution in [3.63, 3.8) is 0 Å². The van der Waals surface area contributed by atoms with E-state index in [2.05, 4.69) is 28.7 Å². The number of carbonyl (C=O) groups is 1. The molecule has 2 fully saturated rings. The second-order valence-electron chi connectivity index (χ2n) is 13.0. The van der Waals surface area contributed by atoms with Gasteiger partial charge in [-0.1, -0.05) is 12.1 Å². The van der Waals surface area contributed by atoms with Gasteiger partial charge in [-0.15, -0.1) is 0 Å². The smallest absolute Gasteiger partial charge is 0.271 e. The van der Waals surface area contributed by atoms with Crippen molar-refractivity contribution in [2.45, 2.75) is 61.5 Å². The van der Waals surface area contributed by atoms with Crippen molar-refractivity contribution in [1.82, 2.24) is 24.5 Å². The van der Waals surface area contributed by atoms with Gasteiger partial charge < -0.3 is 14.4 Å². The number of amides is 1. The molecule has 2 atom stereocenters. The summed E-state index contributed by atoms with van der Waals surface area (Å²) in [5.41, 5.74) is 3.07. The minimum Gasteiger partial charge on any atom is -0.454 e. The van der Waals surface area contributed by atoms with E-state index in [4.69, 9.17) is 9.47 Å². The van der Waals surface area contributed by atoms with Crippen LogP contribution in [0, 0.1) is 6.92 Å². The van der Waals surface area contributed by atoms with Crippen LogP contribution in [0.2, 0.25) is 0 Å². The molecular formula is C36H41N5O6S. The van der Waals surface area contributed by atoms with Crippen molar-refractivity contribution in [3.8, 4) is 17.2 Å². The molecule has 1 N–H and O–H groups in total. The number of piperazine rings is 1. The van der Waals surface area contributed by atoms with E-state index in [1.54, 1.807) is 54.6 Å². The molecule has 0 saturated carbocycles. The van der Waals surface area contributed by atoms with Gasteiger partial charge in [-0.25, -0.2) is 13.1 Å². The summed E-state index contributed by atoms with van der Waals surface area (Å²) in [6.07, 6.45) is 1.87. The van der Waals surface area contributed by atoms with Crippen molar-refractivity contribution in [2.75, 3.05) is 39.5 Å². The van der Waals surface area contributed by atoms with Gasteiger partial charge in [0.1, 0.15) is 0 Å². The number of aryl methyl sites for hydroxylation is 1. The fourth-order valence-electron chi connectivity index (χ4n) is 7.28. The summed E-state index contributed by atoms with van der Waals surface area (Å²) >= 11 is 0. The van der Waals surface area contributed by atoms with Crippen molar-refractivity contribution < 1.29 is 22.7 Å². The Morgan fingerprint density at radius 1 is 0.875 bits per heavy atom. The zero-order valence-electron chi connectivity index (χ0n) is 27.5. The molecule has 3 aliphatic heterocycles. The summed E-state index contributed by atoms with van der Waals surface area (Å²) in [6, 6.07) is 21.6. The number of piperidine rings is 1. The van der Waals surface area contributed by atoms with Crippen LogP contribution in [-0.2, 0) is 9.84 Å². The van der Waals surface area contributed by atoms with Gasteiger partial charge in [0.15, 0.2) is 11.5 Å². The number of benzene rings is 3. The molecule has 0 spiro atoms. The van der Waals surface area contributed by atoms with Gasteiger partial charge >= 0.3 is 0 Å². The Morgan fingerprint density at radius 3 is 2.23 bits per heavy atom. The van der Waals surface area contributed by atoms with Crippen molar-refractivity contribution in [3.05, 3.63) is 100.0 Å². The van der Waals surface area contributed by atoms with E-state index in [9.17, 15) is 18.0 Å². The third-order valence-electron chi connectivity index (χ3n) is 10.0. The molecule has 0 unspecified atom stereocenters. The second-order valence-corrected chi connectivity index (χ2v) is 15.0. The van der Waals surface area contributed by atoms with Gasteiger partial charge in [-0.2, -0.15) is 0 Å². The summed E-state index contributed by atoms with van der Waals surface area (Å²) in [4.78, 5) is 32.9. The van der Waals surface area contributed by atoms with Crippen LogP contribution in [0.3, 0.4) is 0 Å². The quantitative estimate of drug-likeness (QED) is 0.307. The molecule has 7 rings (SSSR count). The van der Waals surface area contributed by atoms with Crippen LogP contribution in [0.25, 0.3) is 5.69 Å². The predicted octanol–water partition coefficient (Wildman–Crippen LogP) is 4.41. The minimum absolute atomic E-state index is 0.0248. The summed E-state index contributed by atoms with van der Waals surface area (Å²) < 4.78 is 38.8. The Kier molecular flexibility index (Phi) is 8.65. The number of carbonyl (C=O) groups excluding carboxylic acids is 1. The third-order valence-corrected chi connectivity index (χ3v) is 11.8. The maximum atomic E-state index is 13.3. The first-order valence-corrected chi connectivity index (χ1v) is 18.0. The van der Waals surface area contributed by atoms with E-state index in [0.29, 0.717) is 47.9 Å². The number of H-pyrrole nitrogens is 1. The zero-order chi connectivity index (χ0) is 33.6. The highest BCUT2D eigenvalue weighted by Gasteiger charge is 2.34. The summed E-state index contributed by atoms with van der Waals surface area (Å²) in [5, 5.41) is 3.02. The molecule has 12 heteroatoms. The molecule has 4 aromatic rings. The van der Waals surface area contributed by atoms with Gasteiger partial charge in [0.05, 0.1) is 15.5 Å². The number of ether oxygens (including phenoxy) is 2. The van der Waals surface area contributed by atoms with E-state index in [-0.39, 0.29) is 34.1 Å². The number of sulfone groups is 1. The maximum Gasteiger partial charge on any atom is 0.271 e. The SMILES string of the molecule is Cc1cc(=O)n(-c2ccc(C(=O)N3CCC(N4CCN([C@@H](C)c5ccc(S(=O)(=O)c6ccc7c(c6)OCO7)cc5)[C@H](C)C4)CC3)cc2)[nH]1. The maximum absolute atomic E-state index is 13.3. The Hall–Kier alpha value is -4.39. The van der Waals surface area contributed by atoms with Crippen molar-refractivity contribution in [1.29, 1.82) is 0 Å². The number of nitrogens with zero attached hydrogens (tertiary/aromatic N) is 4. The Morgan fingerprint density at radius 2 is 1.56 bits per heavy atom. The van der Waals surface area contributed by atoms with E-state index >= 15 is 0 Å². The summed E-state index contributed by atoms with van der Waals surface area (Å²) in [7, 11) is -3.69. The van der Waals surface area contributed by atoms with E-state index in [1.165, 1.54) is 10.7 Å². The van der Waals surface area contributed by atoms with Gasteiger partial charge in [-0.3, -0.25) is 24.5 Å². The molecule has 11 nitrogen and oxygen atoms in total. The van der Waals surface area contributed by atoms with E-state index < -0.39 is 9.84 Å². The molecule has 252 valence electrons. The molecule has 0 bridgehead atoms. The lowest BCUT2D eigenvalue weighted by Crippen LogP contribution is -2.57. The number of nitrogens with one attached hydrogen (secondary N) is 1. The summed E-state index contributed by atoms with van der Waals surface area (Å²) in [6.45, 7) is 10.6. The molecule has 1 aromatic heterocycles. The highest BCUT2D eigenvalue weighted by atomic mass is 32.2. The molecule has 2 saturated heterocycles. The molecule has 3 aliphatic rings. The van der Waals surface area contributed by atoms with Crippen LogP contribution in [-0.4, -0.2) is 90.4 Å². The van der Waals surface area contributed by atoms with Crippen LogP contribution in [0.5, 0.6) is 11.5 Å². The van der Waals surface area contributed by atoms with Crippen molar-refractivity contribution in [2.24, 2.45) is 0 Å². The first-order chi connectivity index (χ1) is 23.1. The molecule has 0 radical (unpaired) electrons. The lowest BCUT2D eigenvalue weighted by atomic mass is 9.98. The van der Waals surface area contributed by atoms with Crippen LogP contribution < -0.4 is 15.0 Å². The van der Waals surface area contributed by atoms with E-state index in [1.807, 2.05) is 24.0 Å². The number of hydrogen-bond donors (Lipinski definition) is 1. The van der Waals surface area contributed by atoms with Gasteiger partial charge in [0.25, 0.3) is 11.5 Å². The molecule has 3 aromatic carbocycles. The second kappa shape index (κ2) is 12.9. The molecule has 48 heavy (non-hydrogen) atoms. The Bertz CT molecular complexity index is 1960. The number of hydrogen-bond acceptors (Lipinski definition) is 8. The number of aromatic amines is 1. The summed E-state index contributed by atoms with van der Waals surface area (Å²) in [5.74, 6) is 1.02. The normalized spacial score (nSPS) is 19.8. The van der Waals surface area contributed by atoms with Gasteiger partial charge in [0, 0.05) is 74.2 Å².